The molecule has 0 saturated carbocycles. The number of likely N-dealkylation sites (tertiary alicyclic amines) is 1. The molecule has 1 aromatic rings. The van der Waals surface area contributed by atoms with Crippen molar-refractivity contribution in [1.82, 2.24) is 15.2 Å². The molecule has 0 aliphatic carbocycles. The van der Waals surface area contributed by atoms with Crippen LogP contribution in [-0.2, 0) is 4.79 Å². The number of amides is 1. The van der Waals surface area contributed by atoms with E-state index < -0.39 is 0 Å². The predicted octanol–water partition coefficient (Wildman–Crippen LogP) is 2.95. The van der Waals surface area contributed by atoms with Crippen LogP contribution in [0.25, 0.3) is 0 Å². The fraction of sp³-hybridized carbons (Fsp3) is 0.600. The Balaban J connectivity index is 0.00000242. The average Bonchev–Trinajstić information content (AvgIpc) is 2.49. The maximum absolute atomic E-state index is 12.0. The Hall–Kier alpha value is -0.400. The van der Waals surface area contributed by atoms with Gasteiger partial charge in [-0.25, -0.2) is 4.98 Å². The summed E-state index contributed by atoms with van der Waals surface area (Å²) < 4.78 is 0.906. The molecule has 0 aromatic carbocycles. The number of carbonyl (C=O) groups is 1. The fourth-order valence-electron chi connectivity index (χ4n) is 2.53. The zero-order valence-electron chi connectivity index (χ0n) is 13.3. The Kier molecular flexibility index (Phi) is 11.8. The SMILES string of the molecule is CCNCC1CCN(CC(=O)Nc2ccc(Br)cn2)CC1.Cl.Cl. The first kappa shape index (κ1) is 22.6. The van der Waals surface area contributed by atoms with Crippen LogP contribution in [0.5, 0.6) is 0 Å². The van der Waals surface area contributed by atoms with Gasteiger partial charge < -0.3 is 10.6 Å². The highest BCUT2D eigenvalue weighted by atomic mass is 79.9. The first-order valence-corrected chi connectivity index (χ1v) is 8.31. The summed E-state index contributed by atoms with van der Waals surface area (Å²) in [6, 6.07) is 3.67. The highest BCUT2D eigenvalue weighted by molar-refractivity contribution is 9.10. The molecule has 0 spiro atoms. The van der Waals surface area contributed by atoms with Crippen molar-refractivity contribution in [1.29, 1.82) is 0 Å². The number of hydrogen-bond acceptors (Lipinski definition) is 4. The van der Waals surface area contributed by atoms with Crippen molar-refractivity contribution in [2.45, 2.75) is 19.8 Å². The Morgan fingerprint density at radius 2 is 2.04 bits per heavy atom. The molecule has 23 heavy (non-hydrogen) atoms. The van der Waals surface area contributed by atoms with E-state index in [2.05, 4.69) is 43.4 Å². The van der Waals surface area contributed by atoms with Crippen molar-refractivity contribution in [3.8, 4) is 0 Å². The van der Waals surface area contributed by atoms with E-state index in [-0.39, 0.29) is 30.7 Å². The number of piperidine rings is 1. The van der Waals surface area contributed by atoms with Crippen molar-refractivity contribution in [2.24, 2.45) is 5.92 Å². The molecule has 2 N–H and O–H groups in total. The van der Waals surface area contributed by atoms with Crippen LogP contribution < -0.4 is 10.6 Å². The Morgan fingerprint density at radius 1 is 1.35 bits per heavy atom. The highest BCUT2D eigenvalue weighted by Crippen LogP contribution is 2.16. The number of nitrogens with one attached hydrogen (secondary N) is 2. The van der Waals surface area contributed by atoms with E-state index in [1.54, 1.807) is 12.3 Å². The Bertz CT molecular complexity index is 453. The molecule has 8 heteroatoms. The lowest BCUT2D eigenvalue weighted by Gasteiger charge is -2.31. The van der Waals surface area contributed by atoms with Crippen LogP contribution in [0, 0.1) is 5.92 Å². The number of rotatable bonds is 6. The van der Waals surface area contributed by atoms with Gasteiger partial charge in [0.2, 0.25) is 5.91 Å². The van der Waals surface area contributed by atoms with Gasteiger partial charge in [0.05, 0.1) is 6.54 Å². The smallest absolute Gasteiger partial charge is 0.239 e. The number of anilines is 1. The first-order valence-electron chi connectivity index (χ1n) is 7.52. The Morgan fingerprint density at radius 3 is 2.61 bits per heavy atom. The van der Waals surface area contributed by atoms with Gasteiger partial charge >= 0.3 is 0 Å². The summed E-state index contributed by atoms with van der Waals surface area (Å²) in [4.78, 5) is 18.4. The van der Waals surface area contributed by atoms with Gasteiger partial charge in [-0.15, -0.1) is 24.8 Å². The van der Waals surface area contributed by atoms with Crippen molar-refractivity contribution in [3.05, 3.63) is 22.8 Å². The third-order valence-corrected chi connectivity index (χ3v) is 4.22. The molecule has 2 rings (SSSR count). The van der Waals surface area contributed by atoms with E-state index in [0.29, 0.717) is 12.4 Å². The maximum Gasteiger partial charge on any atom is 0.239 e. The van der Waals surface area contributed by atoms with E-state index in [0.717, 1.165) is 49.4 Å². The normalized spacial score (nSPS) is 15.4. The second-order valence-corrected chi connectivity index (χ2v) is 6.35. The lowest BCUT2D eigenvalue weighted by molar-refractivity contribution is -0.117. The van der Waals surface area contributed by atoms with Crippen molar-refractivity contribution in [3.63, 3.8) is 0 Å². The summed E-state index contributed by atoms with van der Waals surface area (Å²) in [5.41, 5.74) is 0. The number of halogens is 3. The van der Waals surface area contributed by atoms with Crippen molar-refractivity contribution < 1.29 is 4.79 Å². The summed E-state index contributed by atoms with van der Waals surface area (Å²) in [5, 5.41) is 6.24. The molecular formula is C15H25BrCl2N4O. The molecule has 0 atom stereocenters. The number of carbonyl (C=O) groups excluding carboxylic acids is 1. The van der Waals surface area contributed by atoms with Gasteiger partial charge in [0.15, 0.2) is 0 Å². The van der Waals surface area contributed by atoms with Crippen molar-refractivity contribution >= 4 is 52.5 Å². The van der Waals surface area contributed by atoms with Crippen LogP contribution in [0.4, 0.5) is 5.82 Å². The zero-order valence-corrected chi connectivity index (χ0v) is 16.5. The number of hydrogen-bond donors (Lipinski definition) is 2. The van der Waals surface area contributed by atoms with Gasteiger partial charge in [0, 0.05) is 10.7 Å². The largest absolute Gasteiger partial charge is 0.317 e. The monoisotopic (exact) mass is 426 g/mol. The van der Waals surface area contributed by atoms with Crippen LogP contribution >= 0.6 is 40.7 Å². The molecular weight excluding hydrogens is 403 g/mol. The van der Waals surface area contributed by atoms with Crippen LogP contribution in [0.3, 0.4) is 0 Å². The lowest BCUT2D eigenvalue weighted by Crippen LogP contribution is -2.41. The number of nitrogens with zero attached hydrogens (tertiary/aromatic N) is 2. The molecule has 0 bridgehead atoms. The second-order valence-electron chi connectivity index (χ2n) is 5.44. The second kappa shape index (κ2) is 12.0. The minimum atomic E-state index is 0. The molecule has 5 nitrogen and oxygen atoms in total. The van der Waals surface area contributed by atoms with Gasteiger partial charge in [-0.1, -0.05) is 6.92 Å². The van der Waals surface area contributed by atoms with E-state index in [9.17, 15) is 4.79 Å². The molecule has 1 aromatic heterocycles. The van der Waals surface area contributed by atoms with Crippen LogP contribution in [0.1, 0.15) is 19.8 Å². The first-order chi connectivity index (χ1) is 10.2. The zero-order chi connectivity index (χ0) is 15.1. The van der Waals surface area contributed by atoms with Crippen LogP contribution in [0.2, 0.25) is 0 Å². The average molecular weight is 428 g/mol. The third-order valence-electron chi connectivity index (χ3n) is 3.75. The molecule has 1 saturated heterocycles. The molecule has 0 unspecified atom stereocenters. The van der Waals surface area contributed by atoms with Gasteiger partial charge in [-0.05, 0) is 73.0 Å². The molecule has 1 fully saturated rings. The lowest BCUT2D eigenvalue weighted by atomic mass is 9.97. The molecule has 132 valence electrons. The molecule has 2 heterocycles. The summed E-state index contributed by atoms with van der Waals surface area (Å²) in [6.07, 6.45) is 4.01. The van der Waals surface area contributed by atoms with E-state index in [1.807, 2.05) is 6.07 Å². The van der Waals surface area contributed by atoms with Gasteiger partial charge in [0.25, 0.3) is 0 Å². The van der Waals surface area contributed by atoms with Crippen LogP contribution in [-0.4, -0.2) is 48.5 Å². The maximum atomic E-state index is 12.0. The highest BCUT2D eigenvalue weighted by Gasteiger charge is 2.20. The number of aromatic nitrogens is 1. The molecule has 1 aliphatic heterocycles. The third kappa shape index (κ3) is 8.31. The molecule has 1 amide bonds. The van der Waals surface area contributed by atoms with Gasteiger partial charge in [-0.3, -0.25) is 9.69 Å². The van der Waals surface area contributed by atoms with Crippen molar-refractivity contribution in [2.75, 3.05) is 38.0 Å². The van der Waals surface area contributed by atoms with E-state index in [4.69, 9.17) is 0 Å². The summed E-state index contributed by atoms with van der Waals surface area (Å²) in [6.45, 7) is 6.71. The Labute approximate surface area is 158 Å². The quantitative estimate of drug-likeness (QED) is 0.732. The minimum absolute atomic E-state index is 0. The standard InChI is InChI=1S/C15H23BrN4O.2ClH/c1-2-17-9-12-5-7-20(8-6-12)11-15(21)19-14-4-3-13(16)10-18-14;;/h3-4,10,12,17H,2,5-9,11H2,1H3,(H,18,19,21);2*1H. The summed E-state index contributed by atoms with van der Waals surface area (Å²) in [5.74, 6) is 1.36. The molecule has 1 aliphatic rings. The number of pyridine rings is 1. The fourth-order valence-corrected chi connectivity index (χ4v) is 2.77. The van der Waals surface area contributed by atoms with Gasteiger partial charge in [0.1, 0.15) is 5.82 Å². The van der Waals surface area contributed by atoms with E-state index >= 15 is 0 Å². The molecule has 0 radical (unpaired) electrons. The summed E-state index contributed by atoms with van der Waals surface area (Å²) >= 11 is 3.33. The minimum Gasteiger partial charge on any atom is -0.317 e. The topological polar surface area (TPSA) is 57.3 Å². The van der Waals surface area contributed by atoms with E-state index in [1.165, 1.54) is 0 Å². The predicted molar refractivity (Wildman–Crippen MR) is 103 cm³/mol. The summed E-state index contributed by atoms with van der Waals surface area (Å²) in [7, 11) is 0. The van der Waals surface area contributed by atoms with Gasteiger partial charge in [-0.2, -0.15) is 0 Å². The van der Waals surface area contributed by atoms with Crippen LogP contribution in [0.15, 0.2) is 22.8 Å².